The molecule has 0 spiro atoms. The summed E-state index contributed by atoms with van der Waals surface area (Å²) in [6.45, 7) is 3.78. The molecule has 0 bridgehead atoms. The lowest BCUT2D eigenvalue weighted by molar-refractivity contribution is 0.363. The predicted octanol–water partition coefficient (Wildman–Crippen LogP) is 3.35. The minimum absolute atomic E-state index is 0. The largest absolute Gasteiger partial charge is 0.329 e. The molecule has 1 rings (SSSR count). The van der Waals surface area contributed by atoms with Crippen molar-refractivity contribution >= 4 is 45.6 Å². The highest BCUT2D eigenvalue weighted by Crippen LogP contribution is 2.30. The van der Waals surface area contributed by atoms with Crippen molar-refractivity contribution in [3.05, 3.63) is 28.0 Å². The highest BCUT2D eigenvalue weighted by Gasteiger charge is 2.32. The first-order valence-electron chi connectivity index (χ1n) is 6.10. The Balaban J connectivity index is 0.00000400. The van der Waals surface area contributed by atoms with Crippen LogP contribution in [0.15, 0.2) is 17.0 Å². The molecule has 21 heavy (non-hydrogen) atoms. The van der Waals surface area contributed by atoms with Gasteiger partial charge >= 0.3 is 0 Å². The third-order valence-electron chi connectivity index (χ3n) is 3.38. The van der Waals surface area contributed by atoms with Crippen molar-refractivity contribution in [2.45, 2.75) is 37.1 Å². The van der Waals surface area contributed by atoms with Crippen molar-refractivity contribution in [1.29, 1.82) is 0 Å². The van der Waals surface area contributed by atoms with Gasteiger partial charge in [0.05, 0.1) is 10.0 Å². The molecular weight excluding hydrogens is 362 g/mol. The first-order chi connectivity index (χ1) is 9.23. The number of nitrogens with one attached hydrogen (secondary N) is 1. The van der Waals surface area contributed by atoms with Crippen LogP contribution >= 0.6 is 35.6 Å². The van der Waals surface area contributed by atoms with Gasteiger partial charge in [0.1, 0.15) is 4.90 Å². The van der Waals surface area contributed by atoms with E-state index in [4.69, 9.17) is 28.9 Å². The molecule has 0 aromatic heterocycles. The third kappa shape index (κ3) is 4.43. The lowest BCUT2D eigenvalue weighted by atomic mass is 9.95. The van der Waals surface area contributed by atoms with Crippen LogP contribution in [0.1, 0.15) is 26.7 Å². The zero-order chi connectivity index (χ0) is 15.6. The van der Waals surface area contributed by atoms with E-state index < -0.39 is 26.4 Å². The van der Waals surface area contributed by atoms with E-state index in [0.29, 0.717) is 12.8 Å². The number of nitrogens with two attached hydrogens (primary N) is 1. The molecule has 0 aliphatic heterocycles. The van der Waals surface area contributed by atoms with Gasteiger partial charge in [-0.3, -0.25) is 0 Å². The summed E-state index contributed by atoms with van der Waals surface area (Å²) in [5.74, 6) is -0.956. The minimum Gasteiger partial charge on any atom is -0.329 e. The summed E-state index contributed by atoms with van der Waals surface area (Å²) in [5, 5.41) is -0.756. The molecule has 3 N–H and O–H groups in total. The Kier molecular flexibility index (Phi) is 7.90. The first-order valence-corrected chi connectivity index (χ1v) is 8.34. The van der Waals surface area contributed by atoms with Crippen LogP contribution in [0, 0.1) is 5.82 Å². The Morgan fingerprint density at radius 2 is 1.81 bits per heavy atom. The molecule has 0 radical (unpaired) electrons. The summed E-state index contributed by atoms with van der Waals surface area (Å²) in [6, 6.07) is 2.32. The summed E-state index contributed by atoms with van der Waals surface area (Å²) >= 11 is 11.3. The third-order valence-corrected chi connectivity index (χ3v) is 5.78. The average Bonchev–Trinajstić information content (AvgIpc) is 2.42. The molecule has 1 aromatic carbocycles. The van der Waals surface area contributed by atoms with Crippen LogP contribution in [-0.2, 0) is 10.0 Å². The molecule has 0 fully saturated rings. The van der Waals surface area contributed by atoms with E-state index in [1.807, 2.05) is 13.8 Å². The second-order valence-electron chi connectivity index (χ2n) is 4.47. The van der Waals surface area contributed by atoms with Crippen molar-refractivity contribution in [1.82, 2.24) is 4.72 Å². The quantitative estimate of drug-likeness (QED) is 0.745. The van der Waals surface area contributed by atoms with E-state index >= 15 is 0 Å². The molecule has 4 nitrogen and oxygen atoms in total. The van der Waals surface area contributed by atoms with E-state index in [2.05, 4.69) is 4.72 Å². The van der Waals surface area contributed by atoms with Crippen LogP contribution in [0.25, 0.3) is 0 Å². The highest BCUT2D eigenvalue weighted by atomic mass is 35.5. The van der Waals surface area contributed by atoms with E-state index in [-0.39, 0.29) is 28.9 Å². The maximum absolute atomic E-state index is 13.6. The van der Waals surface area contributed by atoms with E-state index in [1.165, 1.54) is 6.07 Å². The first kappa shape index (κ1) is 20.9. The van der Waals surface area contributed by atoms with Crippen LogP contribution in [0.5, 0.6) is 0 Å². The smallest absolute Gasteiger partial charge is 0.242 e. The maximum Gasteiger partial charge on any atom is 0.242 e. The highest BCUT2D eigenvalue weighted by molar-refractivity contribution is 7.89. The molecule has 0 saturated carbocycles. The zero-order valence-electron chi connectivity index (χ0n) is 11.6. The van der Waals surface area contributed by atoms with Gasteiger partial charge in [-0.15, -0.1) is 12.4 Å². The van der Waals surface area contributed by atoms with E-state index in [0.717, 1.165) is 6.07 Å². The van der Waals surface area contributed by atoms with Gasteiger partial charge in [0.15, 0.2) is 5.82 Å². The summed E-state index contributed by atoms with van der Waals surface area (Å²) < 4.78 is 40.8. The number of benzene rings is 1. The van der Waals surface area contributed by atoms with Gasteiger partial charge < -0.3 is 5.73 Å². The van der Waals surface area contributed by atoms with Gasteiger partial charge in [0, 0.05) is 12.1 Å². The van der Waals surface area contributed by atoms with Crippen molar-refractivity contribution in [3.63, 3.8) is 0 Å². The fourth-order valence-corrected chi connectivity index (χ4v) is 4.08. The molecule has 0 amide bonds. The van der Waals surface area contributed by atoms with Gasteiger partial charge in [-0.25, -0.2) is 17.5 Å². The summed E-state index contributed by atoms with van der Waals surface area (Å²) in [4.78, 5) is -0.346. The van der Waals surface area contributed by atoms with Gasteiger partial charge in [-0.2, -0.15) is 0 Å². The maximum atomic E-state index is 13.6. The molecule has 9 heteroatoms. The fourth-order valence-electron chi connectivity index (χ4n) is 1.78. The van der Waals surface area contributed by atoms with Crippen LogP contribution in [0.3, 0.4) is 0 Å². The summed E-state index contributed by atoms with van der Waals surface area (Å²) in [7, 11) is -3.98. The van der Waals surface area contributed by atoms with Crippen LogP contribution in [-0.4, -0.2) is 20.5 Å². The van der Waals surface area contributed by atoms with Crippen molar-refractivity contribution in [3.8, 4) is 0 Å². The summed E-state index contributed by atoms with van der Waals surface area (Å²) in [5.41, 5.74) is 4.87. The molecule has 0 aliphatic carbocycles. The molecule has 0 aliphatic rings. The SMILES string of the molecule is CCC(CC)(CN)NS(=O)(=O)c1ccc(Cl)c(F)c1Cl.Cl. The molecule has 0 saturated heterocycles. The van der Waals surface area contributed by atoms with Crippen molar-refractivity contribution in [2.75, 3.05) is 6.54 Å². The average molecular weight is 380 g/mol. The van der Waals surface area contributed by atoms with Gasteiger partial charge in [0.2, 0.25) is 10.0 Å². The molecule has 1 aromatic rings. The van der Waals surface area contributed by atoms with Gasteiger partial charge in [0.25, 0.3) is 0 Å². The lowest BCUT2D eigenvalue weighted by Gasteiger charge is -2.31. The monoisotopic (exact) mass is 378 g/mol. The molecular formula is C12H18Cl3FN2O2S. The topological polar surface area (TPSA) is 72.2 Å². The second kappa shape index (κ2) is 7.94. The van der Waals surface area contributed by atoms with Crippen LogP contribution < -0.4 is 10.5 Å². The number of sulfonamides is 1. The number of halogens is 4. The Bertz CT molecular complexity index is 584. The van der Waals surface area contributed by atoms with Gasteiger partial charge in [-0.05, 0) is 25.0 Å². The van der Waals surface area contributed by atoms with Crippen molar-refractivity contribution in [2.24, 2.45) is 5.73 Å². The Labute approximate surface area is 140 Å². The Hall–Kier alpha value is -0.110. The minimum atomic E-state index is -3.98. The molecule has 122 valence electrons. The fraction of sp³-hybridized carbons (Fsp3) is 0.500. The molecule has 0 heterocycles. The number of rotatable bonds is 6. The Morgan fingerprint density at radius 3 is 2.24 bits per heavy atom. The molecule has 0 atom stereocenters. The summed E-state index contributed by atoms with van der Waals surface area (Å²) in [6.07, 6.45) is 1.01. The zero-order valence-corrected chi connectivity index (χ0v) is 14.8. The number of hydrogen-bond donors (Lipinski definition) is 2. The van der Waals surface area contributed by atoms with E-state index in [1.54, 1.807) is 0 Å². The predicted molar refractivity (Wildman–Crippen MR) is 86.4 cm³/mol. The van der Waals surface area contributed by atoms with Crippen LogP contribution in [0.4, 0.5) is 4.39 Å². The van der Waals surface area contributed by atoms with Crippen molar-refractivity contribution < 1.29 is 12.8 Å². The van der Waals surface area contributed by atoms with E-state index in [9.17, 15) is 12.8 Å². The number of hydrogen-bond acceptors (Lipinski definition) is 3. The van der Waals surface area contributed by atoms with Crippen LogP contribution in [0.2, 0.25) is 10.0 Å². The van der Waals surface area contributed by atoms with Gasteiger partial charge in [-0.1, -0.05) is 37.0 Å². The normalized spacial score (nSPS) is 12.1. The lowest BCUT2D eigenvalue weighted by Crippen LogP contribution is -2.52. The molecule has 0 unspecified atom stereocenters. The Morgan fingerprint density at radius 1 is 1.29 bits per heavy atom. The second-order valence-corrected chi connectivity index (χ2v) is 6.91. The standard InChI is InChI=1S/C12H17Cl2FN2O2S.ClH/c1-3-12(4-2,7-16)17-20(18,19)9-6-5-8(13)11(15)10(9)14;/h5-6,17H,3-4,7,16H2,1-2H3;1H.